The van der Waals surface area contributed by atoms with Gasteiger partial charge < -0.3 is 9.84 Å². The molecular weight excluding hydrogens is 288 g/mol. The first-order valence-electron chi connectivity index (χ1n) is 8.18. The molecule has 2 aromatic carbocycles. The molecule has 2 aromatic rings. The Hall–Kier alpha value is -2.13. The molecule has 122 valence electrons. The molecule has 0 saturated carbocycles. The van der Waals surface area contributed by atoms with E-state index < -0.39 is 6.61 Å². The number of aliphatic hydroxyl groups is 1. The van der Waals surface area contributed by atoms with Crippen LogP contribution in [0.5, 0.6) is 5.75 Å². The fourth-order valence-electron chi connectivity index (χ4n) is 2.55. The van der Waals surface area contributed by atoms with Gasteiger partial charge >= 0.3 is 0 Å². The van der Waals surface area contributed by atoms with Gasteiger partial charge in [-0.1, -0.05) is 43.7 Å². The smallest absolute Gasteiger partial charge is 0.188 e. The van der Waals surface area contributed by atoms with Gasteiger partial charge in [-0.25, -0.2) is 0 Å². The van der Waals surface area contributed by atoms with Gasteiger partial charge in [0.15, 0.2) is 5.78 Å². The summed E-state index contributed by atoms with van der Waals surface area (Å²) in [6.45, 7) is 2.29. The first-order valence-corrected chi connectivity index (χ1v) is 8.18. The zero-order valence-electron chi connectivity index (χ0n) is 13.6. The van der Waals surface area contributed by atoms with Crippen LogP contribution in [0, 0.1) is 0 Å². The summed E-state index contributed by atoms with van der Waals surface area (Å²) in [7, 11) is 0. The summed E-state index contributed by atoms with van der Waals surface area (Å²) < 4.78 is 5.91. The quantitative estimate of drug-likeness (QED) is 0.565. The third kappa shape index (κ3) is 5.22. The van der Waals surface area contributed by atoms with E-state index in [1.54, 1.807) is 6.07 Å². The molecule has 3 heteroatoms. The second-order valence-corrected chi connectivity index (χ2v) is 5.59. The molecule has 0 aliphatic carbocycles. The van der Waals surface area contributed by atoms with Crippen LogP contribution in [0.2, 0.25) is 0 Å². The van der Waals surface area contributed by atoms with Crippen molar-refractivity contribution in [1.82, 2.24) is 0 Å². The lowest BCUT2D eigenvalue weighted by Gasteiger charge is -2.12. The van der Waals surface area contributed by atoms with Crippen molar-refractivity contribution in [3.05, 3.63) is 65.2 Å². The van der Waals surface area contributed by atoms with Crippen molar-refractivity contribution < 1.29 is 14.6 Å². The van der Waals surface area contributed by atoms with Gasteiger partial charge in [0.2, 0.25) is 0 Å². The predicted octanol–water partition coefficient (Wildman–Crippen LogP) is 3.83. The van der Waals surface area contributed by atoms with Gasteiger partial charge in [0.25, 0.3) is 0 Å². The number of carbonyl (C=O) groups excluding carboxylic acids is 1. The summed E-state index contributed by atoms with van der Waals surface area (Å²) in [6.07, 6.45) is 3.79. The molecule has 0 aliphatic heterocycles. The topological polar surface area (TPSA) is 46.5 Å². The number of aryl methyl sites for hydroxylation is 2. The van der Waals surface area contributed by atoms with Crippen LogP contribution in [-0.4, -0.2) is 24.1 Å². The number of hydrogen-bond acceptors (Lipinski definition) is 3. The molecule has 0 radical (unpaired) electrons. The molecule has 0 bridgehead atoms. The molecule has 0 fully saturated rings. The Morgan fingerprint density at radius 1 is 1.09 bits per heavy atom. The minimum Gasteiger partial charge on any atom is -0.493 e. The largest absolute Gasteiger partial charge is 0.493 e. The van der Waals surface area contributed by atoms with Crippen molar-refractivity contribution in [2.75, 3.05) is 13.2 Å². The summed E-state index contributed by atoms with van der Waals surface area (Å²) in [5.74, 6) is 0.590. The number of Topliss-reactive ketones (excluding diaryl/α,β-unsaturated/α-hetero) is 1. The molecule has 0 unspecified atom stereocenters. The van der Waals surface area contributed by atoms with Crippen LogP contribution in [0.4, 0.5) is 0 Å². The summed E-state index contributed by atoms with van der Waals surface area (Å²) in [6, 6.07) is 15.8. The van der Waals surface area contributed by atoms with Crippen molar-refractivity contribution in [3.63, 3.8) is 0 Å². The zero-order valence-corrected chi connectivity index (χ0v) is 13.6. The third-order valence-corrected chi connectivity index (χ3v) is 3.76. The van der Waals surface area contributed by atoms with Crippen molar-refractivity contribution in [2.45, 2.75) is 32.6 Å². The SMILES string of the molecule is CCCc1cc(C(=O)CO)ccc1OCCCc1ccccc1. The van der Waals surface area contributed by atoms with E-state index in [4.69, 9.17) is 9.84 Å². The Kier molecular flexibility index (Phi) is 6.82. The second-order valence-electron chi connectivity index (χ2n) is 5.59. The molecule has 0 heterocycles. The van der Waals surface area contributed by atoms with Crippen molar-refractivity contribution in [2.24, 2.45) is 0 Å². The van der Waals surface area contributed by atoms with Gasteiger partial charge in [-0.2, -0.15) is 0 Å². The predicted molar refractivity (Wildman–Crippen MR) is 92.1 cm³/mol. The van der Waals surface area contributed by atoms with Crippen LogP contribution in [0.1, 0.15) is 41.3 Å². The van der Waals surface area contributed by atoms with E-state index in [9.17, 15) is 4.79 Å². The van der Waals surface area contributed by atoms with Gasteiger partial charge in [-0.3, -0.25) is 4.79 Å². The highest BCUT2D eigenvalue weighted by Gasteiger charge is 2.09. The van der Waals surface area contributed by atoms with E-state index in [1.165, 1.54) is 5.56 Å². The molecule has 0 saturated heterocycles. The molecule has 3 nitrogen and oxygen atoms in total. The Labute approximate surface area is 137 Å². The molecule has 23 heavy (non-hydrogen) atoms. The number of ketones is 1. The van der Waals surface area contributed by atoms with E-state index in [-0.39, 0.29) is 5.78 Å². The summed E-state index contributed by atoms with van der Waals surface area (Å²) in [4.78, 5) is 11.6. The van der Waals surface area contributed by atoms with E-state index in [2.05, 4.69) is 19.1 Å². The first kappa shape index (κ1) is 17.2. The average molecular weight is 312 g/mol. The van der Waals surface area contributed by atoms with Crippen LogP contribution in [0.15, 0.2) is 48.5 Å². The Morgan fingerprint density at radius 2 is 1.87 bits per heavy atom. The van der Waals surface area contributed by atoms with Crippen LogP contribution >= 0.6 is 0 Å². The number of carbonyl (C=O) groups is 1. The second kappa shape index (κ2) is 9.11. The average Bonchev–Trinajstić information content (AvgIpc) is 2.60. The fourth-order valence-corrected chi connectivity index (χ4v) is 2.55. The molecule has 0 aromatic heterocycles. The maximum Gasteiger partial charge on any atom is 0.188 e. The number of aliphatic hydroxyl groups excluding tert-OH is 1. The van der Waals surface area contributed by atoms with Gasteiger partial charge in [0, 0.05) is 5.56 Å². The van der Waals surface area contributed by atoms with Crippen molar-refractivity contribution in [3.8, 4) is 5.75 Å². The highest BCUT2D eigenvalue weighted by atomic mass is 16.5. The van der Waals surface area contributed by atoms with Gasteiger partial charge in [0.05, 0.1) is 6.61 Å². The summed E-state index contributed by atoms with van der Waals surface area (Å²) in [5, 5.41) is 8.98. The molecule has 1 N–H and O–H groups in total. The van der Waals surface area contributed by atoms with Crippen LogP contribution < -0.4 is 4.74 Å². The Bertz CT molecular complexity index is 620. The normalized spacial score (nSPS) is 10.5. The highest BCUT2D eigenvalue weighted by molar-refractivity contribution is 5.97. The lowest BCUT2D eigenvalue weighted by molar-refractivity contribution is 0.0903. The minimum absolute atomic E-state index is 0.252. The maximum atomic E-state index is 11.6. The summed E-state index contributed by atoms with van der Waals surface area (Å²) >= 11 is 0. The van der Waals surface area contributed by atoms with Crippen LogP contribution in [0.25, 0.3) is 0 Å². The number of hydrogen-bond donors (Lipinski definition) is 1. The monoisotopic (exact) mass is 312 g/mol. The summed E-state index contributed by atoms with van der Waals surface area (Å²) in [5.41, 5.74) is 2.90. The maximum absolute atomic E-state index is 11.6. The van der Waals surface area contributed by atoms with E-state index >= 15 is 0 Å². The van der Waals surface area contributed by atoms with Gasteiger partial charge in [-0.05, 0) is 48.6 Å². The molecule has 0 amide bonds. The third-order valence-electron chi connectivity index (χ3n) is 3.76. The number of ether oxygens (including phenoxy) is 1. The minimum atomic E-state index is -0.456. The fraction of sp³-hybridized carbons (Fsp3) is 0.350. The van der Waals surface area contributed by atoms with E-state index in [0.29, 0.717) is 12.2 Å². The van der Waals surface area contributed by atoms with E-state index in [1.807, 2.05) is 30.3 Å². The van der Waals surface area contributed by atoms with Gasteiger partial charge in [-0.15, -0.1) is 0 Å². The first-order chi connectivity index (χ1) is 11.2. The zero-order chi connectivity index (χ0) is 16.5. The van der Waals surface area contributed by atoms with Crippen molar-refractivity contribution >= 4 is 5.78 Å². The van der Waals surface area contributed by atoms with Gasteiger partial charge in [0.1, 0.15) is 12.4 Å². The van der Waals surface area contributed by atoms with E-state index in [0.717, 1.165) is 37.0 Å². The Morgan fingerprint density at radius 3 is 2.57 bits per heavy atom. The lowest BCUT2D eigenvalue weighted by atomic mass is 10.0. The number of rotatable bonds is 9. The highest BCUT2D eigenvalue weighted by Crippen LogP contribution is 2.22. The van der Waals surface area contributed by atoms with Crippen LogP contribution in [0.3, 0.4) is 0 Å². The van der Waals surface area contributed by atoms with Crippen LogP contribution in [-0.2, 0) is 12.8 Å². The van der Waals surface area contributed by atoms with Crippen molar-refractivity contribution in [1.29, 1.82) is 0 Å². The Balaban J connectivity index is 1.94. The number of benzene rings is 2. The standard InChI is InChI=1S/C20H24O3/c1-2-7-18-14-17(19(22)15-21)11-12-20(18)23-13-6-10-16-8-4-3-5-9-16/h3-5,8-9,11-12,14,21H,2,6-7,10,13,15H2,1H3. The molecule has 0 atom stereocenters. The lowest BCUT2D eigenvalue weighted by Crippen LogP contribution is -2.07. The molecule has 0 spiro atoms. The molecular formula is C20H24O3. The molecule has 0 aliphatic rings. The molecule has 2 rings (SSSR count).